The Morgan fingerprint density at radius 3 is 2.50 bits per heavy atom. The van der Waals surface area contributed by atoms with E-state index in [1.165, 1.54) is 0 Å². The van der Waals surface area contributed by atoms with Crippen LogP contribution in [0.25, 0.3) is 6.08 Å². The molecule has 0 saturated heterocycles. The first kappa shape index (κ1) is 11.2. The summed E-state index contributed by atoms with van der Waals surface area (Å²) in [5.74, 6) is 0.532. The van der Waals surface area contributed by atoms with E-state index in [0.29, 0.717) is 5.82 Å². The summed E-state index contributed by atoms with van der Waals surface area (Å²) in [5, 5.41) is 0. The molecule has 0 amide bonds. The fraction of sp³-hybridized carbons (Fsp3) is 0.364. The van der Waals surface area contributed by atoms with Gasteiger partial charge < -0.3 is 5.73 Å². The molecule has 0 unspecified atom stereocenters. The van der Waals surface area contributed by atoms with Crippen molar-refractivity contribution >= 4 is 27.8 Å². The summed E-state index contributed by atoms with van der Waals surface area (Å²) in [4.78, 5) is 4.12. The van der Waals surface area contributed by atoms with Crippen LogP contribution >= 0.6 is 15.9 Å². The maximum atomic E-state index is 5.54. The van der Waals surface area contributed by atoms with E-state index < -0.39 is 0 Å². The fourth-order valence-electron chi connectivity index (χ4n) is 0.923. The highest BCUT2D eigenvalue weighted by Crippen LogP contribution is 2.21. The van der Waals surface area contributed by atoms with Crippen molar-refractivity contribution in [2.45, 2.75) is 20.8 Å². The lowest BCUT2D eigenvalue weighted by Gasteiger charge is -2.11. The molecule has 0 aromatic carbocycles. The molecule has 0 radical (unpaired) electrons. The molecular formula is C11H15BrN2. The number of hydrogen-bond donors (Lipinski definition) is 1. The highest BCUT2D eigenvalue weighted by atomic mass is 79.9. The predicted molar refractivity (Wildman–Crippen MR) is 64.8 cm³/mol. The molecule has 0 fully saturated rings. The number of hydrogen-bond acceptors (Lipinski definition) is 2. The van der Waals surface area contributed by atoms with Crippen LogP contribution < -0.4 is 5.73 Å². The van der Waals surface area contributed by atoms with Crippen molar-refractivity contribution in [3.8, 4) is 0 Å². The predicted octanol–water partition coefficient (Wildman–Crippen LogP) is 3.49. The molecular weight excluding hydrogens is 240 g/mol. The van der Waals surface area contributed by atoms with E-state index in [9.17, 15) is 0 Å². The van der Waals surface area contributed by atoms with Gasteiger partial charge in [-0.2, -0.15) is 0 Å². The van der Waals surface area contributed by atoms with Crippen LogP contribution in [0.15, 0.2) is 22.8 Å². The molecule has 0 aliphatic carbocycles. The summed E-state index contributed by atoms with van der Waals surface area (Å²) >= 11 is 3.37. The Morgan fingerprint density at radius 2 is 2.00 bits per heavy atom. The standard InChI is InChI=1S/C11H15BrN2/c1-11(2,3)7-6-8-4-5-9(13)14-10(8)12/h4-7H,1-3H3,(H2,13,14)/b7-6+. The van der Waals surface area contributed by atoms with Crippen LogP contribution in [0.3, 0.4) is 0 Å². The summed E-state index contributed by atoms with van der Waals surface area (Å²) in [5.41, 5.74) is 6.78. The minimum Gasteiger partial charge on any atom is -0.384 e. The maximum absolute atomic E-state index is 5.54. The van der Waals surface area contributed by atoms with Gasteiger partial charge >= 0.3 is 0 Å². The number of nitrogens with two attached hydrogens (primary N) is 1. The van der Waals surface area contributed by atoms with Crippen LogP contribution in [0.2, 0.25) is 0 Å². The quantitative estimate of drug-likeness (QED) is 0.780. The zero-order chi connectivity index (χ0) is 10.8. The molecule has 2 N–H and O–H groups in total. The zero-order valence-electron chi connectivity index (χ0n) is 8.71. The van der Waals surface area contributed by atoms with Crippen molar-refractivity contribution in [2.24, 2.45) is 5.41 Å². The lowest BCUT2D eigenvalue weighted by atomic mass is 9.95. The lowest BCUT2D eigenvalue weighted by molar-refractivity contribution is 0.547. The molecule has 0 saturated carbocycles. The van der Waals surface area contributed by atoms with Crippen molar-refractivity contribution in [1.82, 2.24) is 4.98 Å². The Labute approximate surface area is 93.4 Å². The van der Waals surface area contributed by atoms with E-state index in [0.717, 1.165) is 10.2 Å². The van der Waals surface area contributed by atoms with E-state index in [1.54, 1.807) is 6.07 Å². The number of aromatic nitrogens is 1. The second-order valence-electron chi connectivity index (χ2n) is 4.32. The third-order valence-electron chi connectivity index (χ3n) is 1.66. The van der Waals surface area contributed by atoms with Crippen LogP contribution in [0, 0.1) is 5.41 Å². The molecule has 3 heteroatoms. The molecule has 1 aromatic heterocycles. The van der Waals surface area contributed by atoms with E-state index in [-0.39, 0.29) is 5.41 Å². The molecule has 0 spiro atoms. The van der Waals surface area contributed by atoms with Gasteiger partial charge in [-0.3, -0.25) is 0 Å². The Kier molecular flexibility index (Phi) is 3.32. The van der Waals surface area contributed by atoms with E-state index in [1.807, 2.05) is 6.07 Å². The molecule has 1 heterocycles. The SMILES string of the molecule is CC(C)(C)/C=C/c1ccc(N)nc1Br. The molecule has 2 nitrogen and oxygen atoms in total. The summed E-state index contributed by atoms with van der Waals surface area (Å²) < 4.78 is 0.790. The molecule has 76 valence electrons. The summed E-state index contributed by atoms with van der Waals surface area (Å²) in [6.45, 7) is 6.46. The number of nitrogens with zero attached hydrogens (tertiary/aromatic N) is 1. The monoisotopic (exact) mass is 254 g/mol. The summed E-state index contributed by atoms with van der Waals surface area (Å²) in [6, 6.07) is 3.75. The molecule has 0 aliphatic heterocycles. The fourth-order valence-corrected chi connectivity index (χ4v) is 1.39. The van der Waals surface area contributed by atoms with E-state index in [2.05, 4.69) is 53.8 Å². The van der Waals surface area contributed by atoms with Gasteiger partial charge in [-0.25, -0.2) is 4.98 Å². The normalized spacial score (nSPS) is 12.3. The third kappa shape index (κ3) is 3.50. The second-order valence-corrected chi connectivity index (χ2v) is 5.07. The first-order valence-electron chi connectivity index (χ1n) is 4.50. The Bertz CT molecular complexity index is 351. The number of nitrogen functional groups attached to an aromatic ring is 1. The number of allylic oxidation sites excluding steroid dienone is 1. The highest BCUT2D eigenvalue weighted by molar-refractivity contribution is 9.10. The number of rotatable bonds is 1. The van der Waals surface area contributed by atoms with Gasteiger partial charge in [0.05, 0.1) is 0 Å². The summed E-state index contributed by atoms with van der Waals surface area (Å²) in [7, 11) is 0. The van der Waals surface area contributed by atoms with Gasteiger partial charge in [0, 0.05) is 5.56 Å². The van der Waals surface area contributed by atoms with Gasteiger partial charge in [0.15, 0.2) is 0 Å². The van der Waals surface area contributed by atoms with Crippen LogP contribution in [0.5, 0.6) is 0 Å². The summed E-state index contributed by atoms with van der Waals surface area (Å²) in [6.07, 6.45) is 4.20. The topological polar surface area (TPSA) is 38.9 Å². The van der Waals surface area contributed by atoms with Crippen molar-refractivity contribution in [3.63, 3.8) is 0 Å². The van der Waals surface area contributed by atoms with Crippen molar-refractivity contribution in [2.75, 3.05) is 5.73 Å². The first-order chi connectivity index (χ1) is 6.38. The van der Waals surface area contributed by atoms with Gasteiger partial charge in [0.25, 0.3) is 0 Å². The number of pyridine rings is 1. The number of anilines is 1. The van der Waals surface area contributed by atoms with Crippen LogP contribution in [-0.2, 0) is 0 Å². The van der Waals surface area contributed by atoms with Crippen molar-refractivity contribution in [3.05, 3.63) is 28.4 Å². The third-order valence-corrected chi connectivity index (χ3v) is 2.30. The van der Waals surface area contributed by atoms with Gasteiger partial charge in [-0.05, 0) is 33.5 Å². The maximum Gasteiger partial charge on any atom is 0.124 e. The van der Waals surface area contributed by atoms with Crippen molar-refractivity contribution in [1.29, 1.82) is 0 Å². The van der Waals surface area contributed by atoms with E-state index >= 15 is 0 Å². The second kappa shape index (κ2) is 4.13. The van der Waals surface area contributed by atoms with Crippen molar-refractivity contribution < 1.29 is 0 Å². The lowest BCUT2D eigenvalue weighted by Crippen LogP contribution is -1.98. The minimum absolute atomic E-state index is 0.181. The Balaban J connectivity index is 2.93. The molecule has 0 aliphatic rings. The van der Waals surface area contributed by atoms with Crippen LogP contribution in [0.4, 0.5) is 5.82 Å². The van der Waals surface area contributed by atoms with Gasteiger partial charge in [-0.1, -0.05) is 32.9 Å². The molecule has 0 atom stereocenters. The molecule has 14 heavy (non-hydrogen) atoms. The molecule has 1 aromatic rings. The molecule has 1 rings (SSSR count). The van der Waals surface area contributed by atoms with E-state index in [4.69, 9.17) is 5.73 Å². The number of halogens is 1. The smallest absolute Gasteiger partial charge is 0.124 e. The van der Waals surface area contributed by atoms with Crippen LogP contribution in [-0.4, -0.2) is 4.98 Å². The van der Waals surface area contributed by atoms with Gasteiger partial charge in [-0.15, -0.1) is 0 Å². The average Bonchev–Trinajstić information content (AvgIpc) is 2.00. The average molecular weight is 255 g/mol. The minimum atomic E-state index is 0.181. The largest absolute Gasteiger partial charge is 0.384 e. The van der Waals surface area contributed by atoms with Crippen LogP contribution in [0.1, 0.15) is 26.3 Å². The first-order valence-corrected chi connectivity index (χ1v) is 5.29. The van der Waals surface area contributed by atoms with Gasteiger partial charge in [0.2, 0.25) is 0 Å². The Hall–Kier alpha value is -0.830. The Morgan fingerprint density at radius 1 is 1.36 bits per heavy atom. The zero-order valence-corrected chi connectivity index (χ0v) is 10.3. The highest BCUT2D eigenvalue weighted by Gasteiger charge is 2.04. The molecule has 0 bridgehead atoms. The van der Waals surface area contributed by atoms with Gasteiger partial charge in [0.1, 0.15) is 10.4 Å².